The van der Waals surface area contributed by atoms with Crippen molar-refractivity contribution in [3.05, 3.63) is 34.2 Å². The van der Waals surface area contributed by atoms with Crippen molar-refractivity contribution in [1.29, 1.82) is 0 Å². The number of anilines is 1. The number of aromatic nitrogens is 4. The van der Waals surface area contributed by atoms with E-state index in [1.165, 1.54) is 6.33 Å². The summed E-state index contributed by atoms with van der Waals surface area (Å²) in [5.41, 5.74) is 7.14. The monoisotopic (exact) mass is 233 g/mol. The normalized spacial score (nSPS) is 19.4. The Hall–Kier alpha value is -2.44. The van der Waals surface area contributed by atoms with Gasteiger partial charge in [-0.15, -0.1) is 0 Å². The fraction of sp³-hybridized carbons (Fsp3) is 0.100. The quantitative estimate of drug-likeness (QED) is 0.762. The van der Waals surface area contributed by atoms with E-state index >= 15 is 0 Å². The molecule has 2 heterocycles. The number of H-pyrrole nitrogens is 1. The number of nitrogens with zero attached hydrogens (tertiary/aromatic N) is 3. The summed E-state index contributed by atoms with van der Waals surface area (Å²) in [6.45, 7) is 0. The molecule has 2 aromatic rings. The van der Waals surface area contributed by atoms with Gasteiger partial charge >= 0.3 is 0 Å². The van der Waals surface area contributed by atoms with Crippen LogP contribution in [0.4, 0.5) is 10.3 Å². The van der Waals surface area contributed by atoms with Crippen LogP contribution in [0.3, 0.4) is 0 Å². The van der Waals surface area contributed by atoms with Gasteiger partial charge in [-0.25, -0.2) is 9.37 Å². The minimum atomic E-state index is -0.387. The number of nitrogens with two attached hydrogens (primary N) is 1. The van der Waals surface area contributed by atoms with E-state index in [0.29, 0.717) is 24.0 Å². The summed E-state index contributed by atoms with van der Waals surface area (Å²) < 4.78 is 13.7. The average molecular weight is 233 g/mol. The molecular formula is C10H8FN5O. The summed E-state index contributed by atoms with van der Waals surface area (Å²) in [4.78, 5) is 21.8. The number of allylic oxidation sites excluding steroid dienone is 2. The molecule has 0 amide bonds. The van der Waals surface area contributed by atoms with Crippen LogP contribution in [-0.4, -0.2) is 19.5 Å². The molecule has 2 aromatic heterocycles. The third-order valence-corrected chi connectivity index (χ3v) is 2.55. The molecule has 0 radical (unpaired) electrons. The Kier molecular flexibility index (Phi) is 1.88. The lowest BCUT2D eigenvalue weighted by Crippen LogP contribution is -2.11. The Bertz CT molecular complexity index is 724. The standard InChI is InChI=1S/C10H8FN5O/c11-2-5-1-6(5)3-16-4-13-7-8(16)14-10(12)15-9(7)17/h2-4H,1H2,(H3,12,14,15,17). The van der Waals surface area contributed by atoms with E-state index < -0.39 is 0 Å². The number of fused-ring (bicyclic) bond motifs is 1. The lowest BCUT2D eigenvalue weighted by atomic mass is 10.5. The van der Waals surface area contributed by atoms with Crippen LogP contribution in [0, 0.1) is 0 Å². The van der Waals surface area contributed by atoms with Crippen molar-refractivity contribution < 1.29 is 4.39 Å². The van der Waals surface area contributed by atoms with Gasteiger partial charge in [0.1, 0.15) is 6.33 Å². The Balaban J connectivity index is 2.19. The van der Waals surface area contributed by atoms with Crippen LogP contribution in [0.15, 0.2) is 28.6 Å². The second-order valence-corrected chi connectivity index (χ2v) is 3.74. The molecule has 86 valence electrons. The first-order valence-corrected chi connectivity index (χ1v) is 4.91. The molecule has 0 bridgehead atoms. The van der Waals surface area contributed by atoms with E-state index in [4.69, 9.17) is 5.73 Å². The fourth-order valence-electron chi connectivity index (χ4n) is 1.60. The van der Waals surface area contributed by atoms with Gasteiger partial charge in [-0.3, -0.25) is 14.3 Å². The first-order chi connectivity index (χ1) is 8.19. The number of aromatic amines is 1. The zero-order valence-electron chi connectivity index (χ0n) is 8.64. The maximum absolute atomic E-state index is 12.2. The number of hydrogen-bond donors (Lipinski definition) is 2. The van der Waals surface area contributed by atoms with Crippen LogP contribution in [0.5, 0.6) is 0 Å². The van der Waals surface area contributed by atoms with E-state index in [-0.39, 0.29) is 17.0 Å². The number of nitrogens with one attached hydrogen (secondary N) is 1. The van der Waals surface area contributed by atoms with Gasteiger partial charge in [0.05, 0.1) is 6.33 Å². The second-order valence-electron chi connectivity index (χ2n) is 3.74. The molecule has 7 heteroatoms. The largest absolute Gasteiger partial charge is 0.369 e. The number of hydrogen-bond acceptors (Lipinski definition) is 4. The zero-order chi connectivity index (χ0) is 12.0. The van der Waals surface area contributed by atoms with Gasteiger partial charge in [0.15, 0.2) is 11.2 Å². The van der Waals surface area contributed by atoms with Crippen LogP contribution >= 0.6 is 0 Å². The van der Waals surface area contributed by atoms with E-state index in [9.17, 15) is 9.18 Å². The van der Waals surface area contributed by atoms with Gasteiger partial charge in [0.25, 0.3) is 5.56 Å². The SMILES string of the molecule is Nc1nc2c(ncn2C=C2CC2=CF)c(=O)[nH]1. The van der Waals surface area contributed by atoms with Crippen molar-refractivity contribution in [1.82, 2.24) is 19.5 Å². The van der Waals surface area contributed by atoms with Gasteiger partial charge in [0.2, 0.25) is 5.95 Å². The Labute approximate surface area is 94.3 Å². The van der Waals surface area contributed by atoms with E-state index in [1.54, 1.807) is 10.8 Å². The van der Waals surface area contributed by atoms with Crippen molar-refractivity contribution >= 4 is 23.3 Å². The molecule has 0 spiro atoms. The Morgan fingerprint density at radius 3 is 3.06 bits per heavy atom. The number of halogens is 1. The molecule has 0 unspecified atom stereocenters. The average Bonchev–Trinajstić information content (AvgIpc) is 2.92. The predicted molar refractivity (Wildman–Crippen MR) is 60.6 cm³/mol. The maximum Gasteiger partial charge on any atom is 0.280 e. The first kappa shape index (κ1) is 9.76. The third kappa shape index (κ3) is 1.52. The molecule has 3 rings (SSSR count). The maximum atomic E-state index is 12.2. The molecule has 0 aliphatic heterocycles. The van der Waals surface area contributed by atoms with Crippen molar-refractivity contribution in [2.75, 3.05) is 5.73 Å². The molecule has 3 N–H and O–H groups in total. The van der Waals surface area contributed by atoms with Gasteiger partial charge in [-0.05, 0) is 11.1 Å². The lowest BCUT2D eigenvalue weighted by molar-refractivity contribution is 0.718. The van der Waals surface area contributed by atoms with Gasteiger partial charge in [0, 0.05) is 12.6 Å². The van der Waals surface area contributed by atoms with Crippen molar-refractivity contribution in [3.8, 4) is 0 Å². The summed E-state index contributed by atoms with van der Waals surface area (Å²) in [7, 11) is 0. The number of nitrogen functional groups attached to an aromatic ring is 1. The van der Waals surface area contributed by atoms with Gasteiger partial charge < -0.3 is 5.73 Å². The molecular weight excluding hydrogens is 225 g/mol. The number of rotatable bonds is 1. The van der Waals surface area contributed by atoms with E-state index in [1.807, 2.05) is 0 Å². The molecule has 1 aliphatic carbocycles. The Morgan fingerprint density at radius 2 is 2.35 bits per heavy atom. The highest BCUT2D eigenvalue weighted by Crippen LogP contribution is 2.37. The smallest absolute Gasteiger partial charge is 0.280 e. The topological polar surface area (TPSA) is 89.6 Å². The minimum absolute atomic E-state index is 0.0275. The highest BCUT2D eigenvalue weighted by Gasteiger charge is 2.21. The molecule has 1 saturated carbocycles. The van der Waals surface area contributed by atoms with Gasteiger partial charge in [-0.2, -0.15) is 4.98 Å². The van der Waals surface area contributed by atoms with E-state index in [0.717, 1.165) is 5.57 Å². The van der Waals surface area contributed by atoms with Crippen LogP contribution in [0.25, 0.3) is 17.4 Å². The molecule has 0 aromatic carbocycles. The highest BCUT2D eigenvalue weighted by molar-refractivity contribution is 5.74. The first-order valence-electron chi connectivity index (χ1n) is 4.91. The van der Waals surface area contributed by atoms with E-state index in [2.05, 4.69) is 15.0 Å². The van der Waals surface area contributed by atoms with Crippen molar-refractivity contribution in [3.63, 3.8) is 0 Å². The number of imidazole rings is 1. The van der Waals surface area contributed by atoms with Crippen LogP contribution < -0.4 is 11.3 Å². The van der Waals surface area contributed by atoms with Crippen molar-refractivity contribution in [2.45, 2.75) is 6.42 Å². The fourth-order valence-corrected chi connectivity index (χ4v) is 1.60. The summed E-state index contributed by atoms with van der Waals surface area (Å²) in [6.07, 6.45) is 4.31. The van der Waals surface area contributed by atoms with Gasteiger partial charge in [-0.1, -0.05) is 0 Å². The molecule has 1 fully saturated rings. The molecule has 17 heavy (non-hydrogen) atoms. The Morgan fingerprint density at radius 1 is 1.53 bits per heavy atom. The summed E-state index contributed by atoms with van der Waals surface area (Å²) in [5, 5.41) is 0. The third-order valence-electron chi connectivity index (χ3n) is 2.55. The summed E-state index contributed by atoms with van der Waals surface area (Å²) in [6, 6.07) is 0. The van der Waals surface area contributed by atoms with Crippen LogP contribution in [-0.2, 0) is 0 Å². The summed E-state index contributed by atoms with van der Waals surface area (Å²) in [5.74, 6) is 0.0275. The van der Waals surface area contributed by atoms with Crippen LogP contribution in [0.1, 0.15) is 6.42 Å². The van der Waals surface area contributed by atoms with Crippen LogP contribution in [0.2, 0.25) is 0 Å². The molecule has 0 atom stereocenters. The highest BCUT2D eigenvalue weighted by atomic mass is 19.1. The molecule has 0 saturated heterocycles. The minimum Gasteiger partial charge on any atom is -0.369 e. The lowest BCUT2D eigenvalue weighted by Gasteiger charge is -1.95. The summed E-state index contributed by atoms with van der Waals surface area (Å²) >= 11 is 0. The predicted octanol–water partition coefficient (Wildman–Crippen LogP) is 0.800. The molecule has 1 aliphatic rings. The second kappa shape index (κ2) is 3.27. The zero-order valence-corrected chi connectivity index (χ0v) is 8.64. The molecule has 6 nitrogen and oxygen atoms in total. The van der Waals surface area contributed by atoms with Crippen molar-refractivity contribution in [2.24, 2.45) is 0 Å².